The number of fused-ring (bicyclic) bond motifs is 4. The molecule has 6 nitrogen and oxygen atoms in total. The van der Waals surface area contributed by atoms with Crippen molar-refractivity contribution < 1.29 is 4.79 Å². The first-order valence-corrected chi connectivity index (χ1v) is 11.9. The van der Waals surface area contributed by atoms with Crippen molar-refractivity contribution in [2.75, 3.05) is 25.0 Å². The number of hydrogen-bond donors (Lipinski definition) is 3. The average molecular weight is 442 g/mol. The molecule has 0 aromatic heterocycles. The van der Waals surface area contributed by atoms with Crippen LogP contribution in [0.1, 0.15) is 32.1 Å². The second kappa shape index (κ2) is 8.94. The molecule has 1 aromatic carbocycles. The van der Waals surface area contributed by atoms with Crippen LogP contribution in [-0.4, -0.2) is 53.6 Å². The molecule has 3 fully saturated rings. The van der Waals surface area contributed by atoms with Gasteiger partial charge in [0.2, 0.25) is 5.91 Å². The zero-order chi connectivity index (χ0) is 21.4. The van der Waals surface area contributed by atoms with E-state index in [0.29, 0.717) is 24.4 Å². The second-order valence-electron chi connectivity index (χ2n) is 9.31. The van der Waals surface area contributed by atoms with E-state index >= 15 is 0 Å². The van der Waals surface area contributed by atoms with E-state index in [9.17, 15) is 4.79 Å². The number of nitrogens with zero attached hydrogens (tertiary/aromatic N) is 2. The van der Waals surface area contributed by atoms with Crippen LogP contribution in [0.3, 0.4) is 0 Å². The molecule has 1 amide bonds. The van der Waals surface area contributed by atoms with Crippen LogP contribution < -0.4 is 16.3 Å². The van der Waals surface area contributed by atoms with Gasteiger partial charge in [-0.15, -0.1) is 6.58 Å². The van der Waals surface area contributed by atoms with Gasteiger partial charge in [0.1, 0.15) is 0 Å². The van der Waals surface area contributed by atoms with E-state index in [1.165, 1.54) is 5.57 Å². The summed E-state index contributed by atoms with van der Waals surface area (Å²) in [6.45, 7) is 6.48. The summed E-state index contributed by atoms with van der Waals surface area (Å²) in [5.41, 5.74) is 9.32. The summed E-state index contributed by atoms with van der Waals surface area (Å²) in [5.74, 6) is 0.915. The normalized spacial score (nSPS) is 32.3. The highest BCUT2D eigenvalue weighted by molar-refractivity contribution is 6.30. The van der Waals surface area contributed by atoms with Crippen LogP contribution in [0.5, 0.6) is 0 Å². The number of nitrogens with one attached hydrogen (secondary N) is 3. The van der Waals surface area contributed by atoms with Gasteiger partial charge in [-0.05, 0) is 55.9 Å². The molecule has 4 bridgehead atoms. The predicted molar refractivity (Wildman–Crippen MR) is 124 cm³/mol. The van der Waals surface area contributed by atoms with Crippen molar-refractivity contribution in [1.29, 1.82) is 0 Å². The molecule has 1 saturated carbocycles. The largest absolute Gasteiger partial charge is 0.378 e. The summed E-state index contributed by atoms with van der Waals surface area (Å²) in [6, 6.07) is 8.67. The van der Waals surface area contributed by atoms with Gasteiger partial charge >= 0.3 is 0 Å². The Morgan fingerprint density at radius 2 is 2.23 bits per heavy atom. The summed E-state index contributed by atoms with van der Waals surface area (Å²) < 4.78 is 0. The lowest BCUT2D eigenvalue weighted by Gasteiger charge is -2.43. The molecule has 5 atom stereocenters. The SMILES string of the molecule is C=CCN(C(=O)C1CC1)[C@H]1CC2=CC[C@@H]1C1CN(CCC2Nc2cccc(Cl)c2)NN1. The van der Waals surface area contributed by atoms with Gasteiger partial charge in [-0.1, -0.05) is 29.8 Å². The molecule has 3 unspecified atom stereocenters. The number of amides is 1. The molecule has 166 valence electrons. The summed E-state index contributed by atoms with van der Waals surface area (Å²) in [7, 11) is 0. The first-order valence-electron chi connectivity index (χ1n) is 11.5. The van der Waals surface area contributed by atoms with Crippen LogP contribution in [0, 0.1) is 11.8 Å². The average Bonchev–Trinajstić information content (AvgIpc) is 3.53. The quantitative estimate of drug-likeness (QED) is 0.591. The molecule has 3 N–H and O–H groups in total. The zero-order valence-corrected chi connectivity index (χ0v) is 18.7. The van der Waals surface area contributed by atoms with Gasteiger partial charge in [-0.2, -0.15) is 5.53 Å². The van der Waals surface area contributed by atoms with Crippen LogP contribution in [0.2, 0.25) is 5.02 Å². The topological polar surface area (TPSA) is 59.6 Å². The molecule has 5 aliphatic rings. The van der Waals surface area contributed by atoms with Crippen LogP contribution in [0.15, 0.2) is 48.6 Å². The van der Waals surface area contributed by atoms with Crippen molar-refractivity contribution in [2.24, 2.45) is 11.8 Å². The minimum absolute atomic E-state index is 0.187. The lowest BCUT2D eigenvalue weighted by molar-refractivity contribution is -0.135. The van der Waals surface area contributed by atoms with Crippen molar-refractivity contribution in [1.82, 2.24) is 20.9 Å². The number of hydrazine groups is 2. The van der Waals surface area contributed by atoms with Crippen molar-refractivity contribution >= 4 is 23.2 Å². The summed E-state index contributed by atoms with van der Waals surface area (Å²) in [5, 5.41) is 6.74. The Kier molecular flexibility index (Phi) is 6.06. The van der Waals surface area contributed by atoms with Crippen LogP contribution in [-0.2, 0) is 4.79 Å². The number of carbonyl (C=O) groups is 1. The van der Waals surface area contributed by atoms with Gasteiger partial charge in [0, 0.05) is 60.3 Å². The fraction of sp³-hybridized carbons (Fsp3) is 0.542. The highest BCUT2D eigenvalue weighted by atomic mass is 35.5. The molecule has 7 heteroatoms. The van der Waals surface area contributed by atoms with Crippen molar-refractivity contribution in [3.63, 3.8) is 0 Å². The molecule has 0 radical (unpaired) electrons. The lowest BCUT2D eigenvalue weighted by atomic mass is 9.76. The van der Waals surface area contributed by atoms with E-state index in [0.717, 1.165) is 55.9 Å². The Morgan fingerprint density at radius 3 is 3.00 bits per heavy atom. The third-order valence-electron chi connectivity index (χ3n) is 7.17. The van der Waals surface area contributed by atoms with E-state index in [-0.39, 0.29) is 18.0 Å². The Morgan fingerprint density at radius 1 is 1.35 bits per heavy atom. The maximum absolute atomic E-state index is 13.2. The Balaban J connectivity index is 1.45. The molecular weight excluding hydrogens is 410 g/mol. The molecule has 2 saturated heterocycles. The van der Waals surface area contributed by atoms with Gasteiger partial charge in [-0.25, -0.2) is 10.4 Å². The summed E-state index contributed by atoms with van der Waals surface area (Å²) in [4.78, 5) is 15.4. The fourth-order valence-corrected chi connectivity index (χ4v) is 5.57. The molecular formula is C24H32ClN5O. The van der Waals surface area contributed by atoms with Crippen molar-refractivity contribution in [3.8, 4) is 0 Å². The van der Waals surface area contributed by atoms with E-state index in [2.05, 4.69) is 44.9 Å². The maximum Gasteiger partial charge on any atom is 0.226 e. The van der Waals surface area contributed by atoms with Crippen molar-refractivity contribution in [3.05, 3.63) is 53.6 Å². The first-order chi connectivity index (χ1) is 15.1. The molecule has 3 aliphatic heterocycles. The van der Waals surface area contributed by atoms with E-state index in [1.807, 2.05) is 24.3 Å². The molecule has 3 heterocycles. The van der Waals surface area contributed by atoms with Gasteiger partial charge in [0.15, 0.2) is 0 Å². The summed E-state index contributed by atoms with van der Waals surface area (Å²) in [6.07, 6.45) is 9.24. The Hall–Kier alpha value is -1.86. The number of halogens is 1. The number of rotatable bonds is 6. The third kappa shape index (κ3) is 4.53. The fourth-order valence-electron chi connectivity index (χ4n) is 5.38. The smallest absolute Gasteiger partial charge is 0.226 e. The third-order valence-corrected chi connectivity index (χ3v) is 7.40. The molecule has 2 aliphatic carbocycles. The maximum atomic E-state index is 13.2. The highest BCUT2D eigenvalue weighted by Crippen LogP contribution is 2.39. The molecule has 1 aromatic rings. The van der Waals surface area contributed by atoms with Gasteiger partial charge in [0.25, 0.3) is 0 Å². The van der Waals surface area contributed by atoms with Crippen molar-refractivity contribution in [2.45, 2.75) is 50.2 Å². The van der Waals surface area contributed by atoms with E-state index in [4.69, 9.17) is 11.6 Å². The number of benzene rings is 1. The minimum Gasteiger partial charge on any atom is -0.378 e. The van der Waals surface area contributed by atoms with E-state index in [1.54, 1.807) is 0 Å². The van der Waals surface area contributed by atoms with Gasteiger partial charge in [0.05, 0.1) is 0 Å². The Labute approximate surface area is 189 Å². The number of anilines is 1. The Bertz CT molecular complexity index is 869. The standard InChI is InChI=1S/C24H32ClN5O/c1-2-11-30(24(31)16-6-7-16)23-13-17-8-9-20(23)22-15-29(28-27-22)12-10-21(17)26-19-5-3-4-18(25)14-19/h2-5,8,14,16,20-23,26-28H,1,6-7,9-13,15H2/t20-,21?,22?,23+/m1/s1. The second-order valence-corrected chi connectivity index (χ2v) is 9.74. The number of carbonyl (C=O) groups excluding carboxylic acids is 1. The minimum atomic E-state index is 0.187. The molecule has 31 heavy (non-hydrogen) atoms. The number of allylic oxidation sites excluding steroid dienone is 1. The van der Waals surface area contributed by atoms with Crippen LogP contribution >= 0.6 is 11.6 Å². The monoisotopic (exact) mass is 441 g/mol. The predicted octanol–water partition coefficient (Wildman–Crippen LogP) is 3.35. The number of hydrogen-bond acceptors (Lipinski definition) is 5. The lowest BCUT2D eigenvalue weighted by Crippen LogP contribution is -2.53. The van der Waals surface area contributed by atoms with E-state index < -0.39 is 0 Å². The highest BCUT2D eigenvalue weighted by Gasteiger charge is 2.44. The van der Waals surface area contributed by atoms with Crippen LogP contribution in [0.4, 0.5) is 5.69 Å². The van der Waals surface area contributed by atoms with Crippen LogP contribution in [0.25, 0.3) is 0 Å². The molecule has 6 rings (SSSR count). The van der Waals surface area contributed by atoms with Gasteiger partial charge in [-0.3, -0.25) is 4.79 Å². The zero-order valence-electron chi connectivity index (χ0n) is 17.9. The molecule has 0 spiro atoms. The van der Waals surface area contributed by atoms with Gasteiger partial charge < -0.3 is 10.2 Å². The first kappa shape index (κ1) is 21.0. The summed E-state index contributed by atoms with van der Waals surface area (Å²) >= 11 is 6.23.